The Labute approximate surface area is 133 Å². The van der Waals surface area contributed by atoms with E-state index in [-0.39, 0.29) is 12.0 Å². The predicted octanol–water partition coefficient (Wildman–Crippen LogP) is 1.79. The van der Waals surface area contributed by atoms with Crippen LogP contribution in [-0.2, 0) is 9.53 Å². The van der Waals surface area contributed by atoms with Gasteiger partial charge in [-0.15, -0.1) is 0 Å². The number of alkyl halides is 1. The molecule has 118 valence electrons. The number of ether oxygens (including phenoxy) is 1. The Hall–Kier alpha value is -1.40. The van der Waals surface area contributed by atoms with Crippen LogP contribution in [0.25, 0.3) is 0 Å². The average Bonchev–Trinajstić information content (AvgIpc) is 2.32. The summed E-state index contributed by atoms with van der Waals surface area (Å²) in [5, 5.41) is 5.81. The molecule has 2 atom stereocenters. The van der Waals surface area contributed by atoms with Gasteiger partial charge in [-0.25, -0.2) is 4.79 Å². The number of primary amides is 1. The molecule has 0 aromatic heterocycles. The van der Waals surface area contributed by atoms with Crippen molar-refractivity contribution < 1.29 is 14.3 Å². The van der Waals surface area contributed by atoms with Crippen LogP contribution in [0.15, 0.2) is 23.4 Å². The zero-order valence-electron chi connectivity index (χ0n) is 12.1. The number of allylic oxidation sites excluding steroid dienone is 2. The number of hydrogen-bond donors (Lipinski definition) is 3. The third-order valence-electron chi connectivity index (χ3n) is 2.95. The quantitative estimate of drug-likeness (QED) is 0.539. The monoisotopic (exact) mass is 335 g/mol. The summed E-state index contributed by atoms with van der Waals surface area (Å²) in [6.07, 6.45) is 3.55. The van der Waals surface area contributed by atoms with E-state index in [0.717, 1.165) is 0 Å². The van der Waals surface area contributed by atoms with Crippen molar-refractivity contribution in [3.63, 3.8) is 0 Å². The van der Waals surface area contributed by atoms with Gasteiger partial charge in [-0.05, 0) is 23.8 Å². The summed E-state index contributed by atoms with van der Waals surface area (Å²) in [4.78, 5) is 21.6. The van der Waals surface area contributed by atoms with E-state index in [2.05, 4.69) is 10.6 Å². The second-order valence-corrected chi connectivity index (χ2v) is 6.77. The molecule has 0 bridgehead atoms. The van der Waals surface area contributed by atoms with E-state index >= 15 is 0 Å². The first kappa shape index (κ1) is 17.7. The first-order chi connectivity index (χ1) is 9.54. The lowest BCUT2D eigenvalue weighted by Crippen LogP contribution is -2.57. The smallest absolute Gasteiger partial charge is 0.404 e. The maximum Gasteiger partial charge on any atom is 0.404 e. The van der Waals surface area contributed by atoms with Crippen molar-refractivity contribution in [2.24, 2.45) is 11.1 Å². The van der Waals surface area contributed by atoms with E-state index in [1.54, 1.807) is 6.08 Å². The highest BCUT2D eigenvalue weighted by atomic mass is 35.5. The number of carbonyl (C=O) groups excluding carboxylic acids is 2. The van der Waals surface area contributed by atoms with Crippen LogP contribution in [0.4, 0.5) is 4.79 Å². The Bertz CT molecular complexity index is 486. The van der Waals surface area contributed by atoms with E-state index in [0.29, 0.717) is 5.03 Å². The minimum atomic E-state index is -1.48. The molecule has 0 saturated heterocycles. The van der Waals surface area contributed by atoms with Gasteiger partial charge in [0, 0.05) is 5.03 Å². The maximum absolute atomic E-state index is 12.4. The maximum atomic E-state index is 12.4. The van der Waals surface area contributed by atoms with Crippen LogP contribution in [0.3, 0.4) is 0 Å². The topological polar surface area (TPSA) is 93.4 Å². The molecular weight excluding hydrogens is 317 g/mol. The molecule has 0 saturated carbocycles. The van der Waals surface area contributed by atoms with Gasteiger partial charge in [-0.2, -0.15) is 0 Å². The number of dihydropyridines is 1. The minimum Gasteiger partial charge on any atom is -0.448 e. The van der Waals surface area contributed by atoms with Gasteiger partial charge in [0.15, 0.2) is 0 Å². The molecule has 0 aromatic rings. The molecule has 1 rings (SSSR count). The molecule has 0 spiro atoms. The molecule has 1 aliphatic rings. The molecule has 2 amide bonds. The zero-order chi connectivity index (χ0) is 16.3. The molecule has 0 aromatic carbocycles. The van der Waals surface area contributed by atoms with Gasteiger partial charge < -0.3 is 21.1 Å². The molecule has 8 heteroatoms. The third-order valence-corrected chi connectivity index (χ3v) is 3.57. The molecule has 6 nitrogen and oxygen atoms in total. The van der Waals surface area contributed by atoms with Crippen LogP contribution in [0, 0.1) is 5.41 Å². The molecule has 0 fully saturated rings. The molecule has 0 aliphatic carbocycles. The van der Waals surface area contributed by atoms with Crippen LogP contribution in [-0.4, -0.2) is 29.6 Å². The van der Waals surface area contributed by atoms with Crippen LogP contribution in [0.1, 0.15) is 20.8 Å². The standard InChI is InChI=1S/C13H19Cl2N3O3/c1-12(2,3)9(7-21-11(16)20)18-10(19)13(15)6-8(14)4-5-17-13/h4-6,9,17H,7H2,1-3H3,(H2,16,20)(H,18,19). The number of nitrogens with two attached hydrogens (primary N) is 1. The summed E-state index contributed by atoms with van der Waals surface area (Å²) in [6, 6.07) is -0.465. The lowest BCUT2D eigenvalue weighted by Gasteiger charge is -2.34. The van der Waals surface area contributed by atoms with Crippen molar-refractivity contribution in [3.8, 4) is 0 Å². The fraction of sp³-hybridized carbons (Fsp3) is 0.538. The van der Waals surface area contributed by atoms with Gasteiger partial charge in [-0.1, -0.05) is 44.0 Å². The van der Waals surface area contributed by atoms with Crippen molar-refractivity contribution in [2.45, 2.75) is 31.8 Å². The number of amides is 2. The lowest BCUT2D eigenvalue weighted by atomic mass is 9.87. The summed E-state index contributed by atoms with van der Waals surface area (Å²) >= 11 is 12.1. The van der Waals surface area contributed by atoms with E-state index in [9.17, 15) is 9.59 Å². The second-order valence-electron chi connectivity index (χ2n) is 5.74. The molecule has 4 N–H and O–H groups in total. The number of nitrogens with one attached hydrogen (secondary N) is 2. The van der Waals surface area contributed by atoms with Crippen LogP contribution in [0.2, 0.25) is 0 Å². The lowest BCUT2D eigenvalue weighted by molar-refractivity contribution is -0.125. The van der Waals surface area contributed by atoms with Crippen molar-refractivity contribution in [1.29, 1.82) is 0 Å². The number of rotatable bonds is 4. The predicted molar refractivity (Wildman–Crippen MR) is 81.7 cm³/mol. The number of carbonyl (C=O) groups is 2. The van der Waals surface area contributed by atoms with Crippen molar-refractivity contribution in [3.05, 3.63) is 23.4 Å². The first-order valence-electron chi connectivity index (χ1n) is 6.29. The van der Waals surface area contributed by atoms with Gasteiger partial charge in [0.2, 0.25) is 5.00 Å². The van der Waals surface area contributed by atoms with E-state index in [4.69, 9.17) is 33.7 Å². The summed E-state index contributed by atoms with van der Waals surface area (Å²) in [6.45, 7) is 5.62. The third kappa shape index (κ3) is 5.13. The van der Waals surface area contributed by atoms with Crippen LogP contribution < -0.4 is 16.4 Å². The number of hydrogen-bond acceptors (Lipinski definition) is 4. The fourth-order valence-corrected chi connectivity index (χ4v) is 2.11. The van der Waals surface area contributed by atoms with E-state index in [1.807, 2.05) is 20.8 Å². The molecule has 21 heavy (non-hydrogen) atoms. The van der Waals surface area contributed by atoms with Crippen molar-refractivity contribution >= 4 is 35.2 Å². The highest BCUT2D eigenvalue weighted by Crippen LogP contribution is 2.25. The van der Waals surface area contributed by atoms with Gasteiger partial charge in [-0.3, -0.25) is 4.79 Å². The van der Waals surface area contributed by atoms with E-state index in [1.165, 1.54) is 12.3 Å². The van der Waals surface area contributed by atoms with Crippen LogP contribution >= 0.6 is 23.2 Å². The van der Waals surface area contributed by atoms with Gasteiger partial charge in [0.1, 0.15) is 6.61 Å². The normalized spacial score (nSPS) is 22.8. The summed E-state index contributed by atoms with van der Waals surface area (Å²) in [5.74, 6) is -0.500. The van der Waals surface area contributed by atoms with Crippen molar-refractivity contribution in [2.75, 3.05) is 6.61 Å². The fourth-order valence-electron chi connectivity index (χ4n) is 1.59. The largest absolute Gasteiger partial charge is 0.448 e. The Morgan fingerprint density at radius 2 is 2.14 bits per heavy atom. The second kappa shape index (κ2) is 6.58. The average molecular weight is 336 g/mol. The molecule has 0 radical (unpaired) electrons. The summed E-state index contributed by atoms with van der Waals surface area (Å²) in [5.41, 5.74) is 4.59. The highest BCUT2D eigenvalue weighted by molar-refractivity contribution is 6.38. The first-order valence-corrected chi connectivity index (χ1v) is 7.05. The minimum absolute atomic E-state index is 0.0508. The zero-order valence-corrected chi connectivity index (χ0v) is 13.6. The summed E-state index contributed by atoms with van der Waals surface area (Å²) < 4.78 is 4.78. The highest BCUT2D eigenvalue weighted by Gasteiger charge is 2.38. The Balaban J connectivity index is 2.81. The van der Waals surface area contributed by atoms with Gasteiger partial charge in [0.25, 0.3) is 5.91 Å². The van der Waals surface area contributed by atoms with Crippen molar-refractivity contribution in [1.82, 2.24) is 10.6 Å². The summed E-state index contributed by atoms with van der Waals surface area (Å²) in [7, 11) is 0. The Morgan fingerprint density at radius 3 is 2.62 bits per heavy atom. The number of halogens is 2. The van der Waals surface area contributed by atoms with Crippen LogP contribution in [0.5, 0.6) is 0 Å². The SMILES string of the molecule is CC(C)(C)C(COC(N)=O)NC(=O)C1(Cl)C=C(Cl)C=CN1. The molecular formula is C13H19Cl2N3O3. The molecule has 1 heterocycles. The van der Waals surface area contributed by atoms with Gasteiger partial charge >= 0.3 is 6.09 Å². The Kier molecular flexibility index (Phi) is 5.53. The van der Waals surface area contributed by atoms with E-state index < -0.39 is 23.0 Å². The molecule has 1 aliphatic heterocycles. The van der Waals surface area contributed by atoms with Gasteiger partial charge in [0.05, 0.1) is 6.04 Å². The molecule has 2 unspecified atom stereocenters. The Morgan fingerprint density at radius 1 is 1.52 bits per heavy atom.